The summed E-state index contributed by atoms with van der Waals surface area (Å²) in [4.78, 5) is 0. The van der Waals surface area contributed by atoms with Crippen molar-refractivity contribution in [1.82, 2.24) is 0 Å². The van der Waals surface area contributed by atoms with E-state index < -0.39 is 0 Å². The van der Waals surface area contributed by atoms with Crippen LogP contribution in [-0.4, -0.2) is 21.3 Å². The topological polar surface area (TPSA) is 27.7 Å². The van der Waals surface area contributed by atoms with Gasteiger partial charge in [0.05, 0.1) is 21.3 Å². The van der Waals surface area contributed by atoms with Gasteiger partial charge in [0, 0.05) is 0 Å². The van der Waals surface area contributed by atoms with E-state index in [0.717, 1.165) is 39.5 Å². The maximum atomic E-state index is 5.39. The number of hydrogen-bond acceptors (Lipinski definition) is 3. The minimum absolute atomic E-state index is 0.830. The van der Waals surface area contributed by atoms with E-state index in [-0.39, 0.29) is 0 Å². The number of hydrogen-bond donors (Lipinski definition) is 0. The van der Waals surface area contributed by atoms with E-state index in [9.17, 15) is 0 Å². The second-order valence-corrected chi connectivity index (χ2v) is 5.79. The van der Waals surface area contributed by atoms with Gasteiger partial charge in [0.15, 0.2) is 0 Å². The van der Waals surface area contributed by atoms with Gasteiger partial charge in [-0.2, -0.15) is 0 Å². The van der Waals surface area contributed by atoms with E-state index in [2.05, 4.69) is 24.3 Å². The van der Waals surface area contributed by atoms with Crippen molar-refractivity contribution in [3.63, 3.8) is 0 Å². The Kier molecular flexibility index (Phi) is 5.59. The van der Waals surface area contributed by atoms with Crippen LogP contribution in [0.1, 0.15) is 16.7 Å². The molecule has 0 amide bonds. The van der Waals surface area contributed by atoms with Crippen LogP contribution in [0.4, 0.5) is 0 Å². The number of ether oxygens (including phenoxy) is 3. The molecule has 0 aliphatic rings. The predicted octanol–water partition coefficient (Wildman–Crippen LogP) is 5.30. The maximum Gasteiger partial charge on any atom is 0.119 e. The average Bonchev–Trinajstić information content (AvgIpc) is 2.72. The third kappa shape index (κ3) is 4.06. The van der Waals surface area contributed by atoms with E-state index in [4.69, 9.17) is 14.2 Å². The van der Waals surface area contributed by atoms with Crippen LogP contribution in [0.2, 0.25) is 0 Å². The first-order valence-electron chi connectivity index (χ1n) is 8.38. The van der Waals surface area contributed by atoms with Gasteiger partial charge < -0.3 is 14.2 Å². The summed E-state index contributed by atoms with van der Waals surface area (Å²) in [6, 6.07) is 24.1. The Morgan fingerprint density at radius 2 is 1.19 bits per heavy atom. The predicted molar refractivity (Wildman–Crippen MR) is 106 cm³/mol. The molecule has 0 aromatic heterocycles. The SMILES string of the molecule is COc1ccc(/C=C(/c2ccc(OC)cc2)c2cccc(OC)c2)cc1. The van der Waals surface area contributed by atoms with Crippen LogP contribution in [0.25, 0.3) is 11.6 Å². The Morgan fingerprint density at radius 1 is 0.615 bits per heavy atom. The van der Waals surface area contributed by atoms with E-state index in [0.29, 0.717) is 0 Å². The molecule has 3 aromatic carbocycles. The molecule has 3 aromatic rings. The molecule has 0 atom stereocenters. The molecule has 0 heterocycles. The third-order valence-corrected chi connectivity index (χ3v) is 4.21. The molecule has 3 heteroatoms. The van der Waals surface area contributed by atoms with E-state index in [1.54, 1.807) is 21.3 Å². The number of rotatable bonds is 6. The Balaban J connectivity index is 2.08. The molecule has 0 bridgehead atoms. The van der Waals surface area contributed by atoms with E-state index >= 15 is 0 Å². The van der Waals surface area contributed by atoms with Crippen LogP contribution in [0.3, 0.4) is 0 Å². The van der Waals surface area contributed by atoms with Crippen LogP contribution in [0.5, 0.6) is 17.2 Å². The first-order chi connectivity index (χ1) is 12.7. The first-order valence-corrected chi connectivity index (χ1v) is 8.38. The van der Waals surface area contributed by atoms with Gasteiger partial charge in [-0.25, -0.2) is 0 Å². The van der Waals surface area contributed by atoms with Gasteiger partial charge in [-0.05, 0) is 64.7 Å². The van der Waals surface area contributed by atoms with Crippen molar-refractivity contribution in [2.24, 2.45) is 0 Å². The highest BCUT2D eigenvalue weighted by Crippen LogP contribution is 2.30. The molecular formula is C23H22O3. The molecule has 0 N–H and O–H groups in total. The smallest absolute Gasteiger partial charge is 0.119 e. The van der Waals surface area contributed by atoms with Gasteiger partial charge in [-0.1, -0.05) is 36.4 Å². The Hall–Kier alpha value is -3.20. The molecule has 0 radical (unpaired) electrons. The monoisotopic (exact) mass is 346 g/mol. The lowest BCUT2D eigenvalue weighted by Gasteiger charge is -2.11. The van der Waals surface area contributed by atoms with E-state index in [1.165, 1.54) is 0 Å². The van der Waals surface area contributed by atoms with Crippen LogP contribution < -0.4 is 14.2 Å². The number of methoxy groups -OCH3 is 3. The minimum Gasteiger partial charge on any atom is -0.497 e. The lowest BCUT2D eigenvalue weighted by molar-refractivity contribution is 0.414. The molecular weight excluding hydrogens is 324 g/mol. The van der Waals surface area contributed by atoms with Gasteiger partial charge in [0.2, 0.25) is 0 Å². The number of benzene rings is 3. The lowest BCUT2D eigenvalue weighted by Crippen LogP contribution is -1.91. The largest absolute Gasteiger partial charge is 0.497 e. The summed E-state index contributed by atoms with van der Waals surface area (Å²) < 4.78 is 15.9. The molecule has 132 valence electrons. The summed E-state index contributed by atoms with van der Waals surface area (Å²) in [5.74, 6) is 2.51. The summed E-state index contributed by atoms with van der Waals surface area (Å²) in [5.41, 5.74) is 4.40. The highest BCUT2D eigenvalue weighted by Gasteiger charge is 2.08. The normalized spacial score (nSPS) is 11.1. The van der Waals surface area contributed by atoms with Crippen molar-refractivity contribution < 1.29 is 14.2 Å². The second-order valence-electron chi connectivity index (χ2n) is 5.79. The van der Waals surface area contributed by atoms with Gasteiger partial charge in [-0.3, -0.25) is 0 Å². The van der Waals surface area contributed by atoms with Crippen molar-refractivity contribution in [2.45, 2.75) is 0 Å². The molecule has 0 saturated carbocycles. The Labute approximate surface area is 154 Å². The fraction of sp³-hybridized carbons (Fsp3) is 0.130. The van der Waals surface area contributed by atoms with Crippen LogP contribution >= 0.6 is 0 Å². The molecule has 3 rings (SSSR count). The summed E-state index contributed by atoms with van der Waals surface area (Å²) in [6.45, 7) is 0. The van der Waals surface area contributed by atoms with Crippen molar-refractivity contribution in [3.8, 4) is 17.2 Å². The lowest BCUT2D eigenvalue weighted by atomic mass is 9.95. The zero-order chi connectivity index (χ0) is 18.4. The van der Waals surface area contributed by atoms with Crippen molar-refractivity contribution in [2.75, 3.05) is 21.3 Å². The molecule has 3 nitrogen and oxygen atoms in total. The quantitative estimate of drug-likeness (QED) is 0.567. The fourth-order valence-corrected chi connectivity index (χ4v) is 2.76. The maximum absolute atomic E-state index is 5.39. The summed E-state index contributed by atoms with van der Waals surface area (Å²) in [7, 11) is 5.02. The zero-order valence-corrected chi connectivity index (χ0v) is 15.2. The summed E-state index contributed by atoms with van der Waals surface area (Å²) in [5, 5.41) is 0. The van der Waals surface area contributed by atoms with Gasteiger partial charge in [-0.15, -0.1) is 0 Å². The first kappa shape index (κ1) is 17.6. The van der Waals surface area contributed by atoms with Gasteiger partial charge >= 0.3 is 0 Å². The molecule has 0 unspecified atom stereocenters. The zero-order valence-electron chi connectivity index (χ0n) is 15.2. The van der Waals surface area contributed by atoms with Crippen molar-refractivity contribution >= 4 is 11.6 Å². The second kappa shape index (κ2) is 8.26. The van der Waals surface area contributed by atoms with E-state index in [1.807, 2.05) is 54.6 Å². The van der Waals surface area contributed by atoms with Gasteiger partial charge in [0.25, 0.3) is 0 Å². The highest BCUT2D eigenvalue weighted by atomic mass is 16.5. The van der Waals surface area contributed by atoms with Crippen LogP contribution in [0, 0.1) is 0 Å². The average molecular weight is 346 g/mol. The van der Waals surface area contributed by atoms with Crippen molar-refractivity contribution in [1.29, 1.82) is 0 Å². The van der Waals surface area contributed by atoms with Gasteiger partial charge in [0.1, 0.15) is 17.2 Å². The minimum atomic E-state index is 0.830. The third-order valence-electron chi connectivity index (χ3n) is 4.21. The molecule has 26 heavy (non-hydrogen) atoms. The highest BCUT2D eigenvalue weighted by molar-refractivity contribution is 5.91. The molecule has 0 aliphatic heterocycles. The van der Waals surface area contributed by atoms with Crippen LogP contribution in [-0.2, 0) is 0 Å². The van der Waals surface area contributed by atoms with Crippen molar-refractivity contribution in [3.05, 3.63) is 89.5 Å². The standard InChI is InChI=1S/C23H22O3/c1-24-20-11-7-17(8-12-20)15-23(18-9-13-21(25-2)14-10-18)19-5-4-6-22(16-19)26-3/h4-16H,1-3H3/b23-15-. The fourth-order valence-electron chi connectivity index (χ4n) is 2.76. The Morgan fingerprint density at radius 3 is 1.77 bits per heavy atom. The summed E-state index contributed by atoms with van der Waals surface area (Å²) in [6.07, 6.45) is 2.16. The molecule has 0 saturated heterocycles. The molecule has 0 aliphatic carbocycles. The Bertz CT molecular complexity index is 878. The molecule has 0 spiro atoms. The summed E-state index contributed by atoms with van der Waals surface area (Å²) >= 11 is 0. The molecule has 0 fully saturated rings. The van der Waals surface area contributed by atoms with Crippen LogP contribution in [0.15, 0.2) is 72.8 Å².